The number of carboxylic acids is 2. The maximum atomic E-state index is 12.8. The fraction of sp³-hybridized carbons (Fsp3) is 0.417. The van der Waals surface area contributed by atoms with Crippen LogP contribution in [0.4, 0.5) is 0 Å². The third-order valence-electron chi connectivity index (χ3n) is 5.26. The number of carbonyl (C=O) groups is 2. The molecule has 0 radical (unpaired) electrons. The van der Waals surface area contributed by atoms with Crippen LogP contribution in [-0.2, 0) is 24.3 Å². The minimum absolute atomic E-state index is 0.200. The number of aliphatic hydroxyl groups is 1. The number of aliphatic carboxylic acids is 2. The van der Waals surface area contributed by atoms with Gasteiger partial charge in [0.1, 0.15) is 12.4 Å². The first-order chi connectivity index (χ1) is 17.5. The quantitative estimate of drug-likeness (QED) is 0.289. The Bertz CT molecular complexity index is 1090. The van der Waals surface area contributed by atoms with Gasteiger partial charge in [-0.05, 0) is 43.3 Å². The number of rotatable bonds is 10. The molecule has 1 atom stereocenters. The second kappa shape index (κ2) is 14.9. The number of ether oxygens (including phenoxy) is 2. The Morgan fingerprint density at radius 3 is 2.05 bits per heavy atom. The third-order valence-corrected chi connectivity index (χ3v) is 7.43. The van der Waals surface area contributed by atoms with Gasteiger partial charge in [0, 0.05) is 37.7 Å². The van der Waals surface area contributed by atoms with E-state index in [9.17, 15) is 13.5 Å². The van der Waals surface area contributed by atoms with E-state index in [0.717, 1.165) is 5.56 Å². The summed E-state index contributed by atoms with van der Waals surface area (Å²) < 4.78 is 38.1. The summed E-state index contributed by atoms with van der Waals surface area (Å²) in [5.41, 5.74) is 1.02. The van der Waals surface area contributed by atoms with E-state index in [1.54, 1.807) is 48.5 Å². The van der Waals surface area contributed by atoms with Gasteiger partial charge in [-0.2, -0.15) is 4.31 Å². The number of halogens is 1. The molecule has 3 rings (SSSR count). The highest BCUT2D eigenvalue weighted by molar-refractivity contribution is 7.89. The number of carboxylic acid groups (broad SMARTS) is 2. The molecule has 0 amide bonds. The van der Waals surface area contributed by atoms with Crippen LogP contribution in [0.25, 0.3) is 0 Å². The highest BCUT2D eigenvalue weighted by atomic mass is 35.5. The van der Waals surface area contributed by atoms with Crippen LogP contribution >= 0.6 is 11.6 Å². The van der Waals surface area contributed by atoms with Crippen LogP contribution in [0.3, 0.4) is 0 Å². The van der Waals surface area contributed by atoms with E-state index in [2.05, 4.69) is 4.90 Å². The molecule has 2 aromatic rings. The lowest BCUT2D eigenvalue weighted by molar-refractivity contribution is -0.159. The minimum atomic E-state index is -3.48. The molecule has 1 aliphatic heterocycles. The van der Waals surface area contributed by atoms with Gasteiger partial charge in [0.2, 0.25) is 10.0 Å². The molecule has 1 fully saturated rings. The van der Waals surface area contributed by atoms with Crippen molar-refractivity contribution in [3.63, 3.8) is 0 Å². The first-order valence-corrected chi connectivity index (χ1v) is 13.2. The molecule has 3 N–H and O–H groups in total. The fourth-order valence-electron chi connectivity index (χ4n) is 3.33. The van der Waals surface area contributed by atoms with Crippen LogP contribution in [0, 0.1) is 6.92 Å². The van der Waals surface area contributed by atoms with Crippen molar-refractivity contribution in [2.24, 2.45) is 0 Å². The third kappa shape index (κ3) is 10.6. The van der Waals surface area contributed by atoms with Gasteiger partial charge in [0.15, 0.2) is 0 Å². The fourth-order valence-corrected chi connectivity index (χ4v) is 4.88. The summed E-state index contributed by atoms with van der Waals surface area (Å²) >= 11 is 5.83. The Morgan fingerprint density at radius 1 is 0.946 bits per heavy atom. The van der Waals surface area contributed by atoms with Gasteiger partial charge in [-0.25, -0.2) is 18.0 Å². The molecule has 2 aromatic carbocycles. The number of piperazine rings is 1. The smallest absolute Gasteiger partial charge is 0.414 e. The summed E-state index contributed by atoms with van der Waals surface area (Å²) in [6, 6.07) is 14.0. The molecule has 0 saturated carbocycles. The topological polar surface area (TPSA) is 154 Å². The monoisotopic (exact) mass is 558 g/mol. The highest BCUT2D eigenvalue weighted by Crippen LogP contribution is 2.18. The maximum absolute atomic E-state index is 12.8. The molecule has 1 unspecified atom stereocenters. The molecule has 0 aliphatic carbocycles. The van der Waals surface area contributed by atoms with Crippen LogP contribution < -0.4 is 4.74 Å². The number of benzene rings is 2. The van der Waals surface area contributed by atoms with Crippen LogP contribution in [-0.4, -0.2) is 104 Å². The summed E-state index contributed by atoms with van der Waals surface area (Å²) in [5.74, 6) is -2.93. The second-order valence-corrected chi connectivity index (χ2v) is 10.5. The van der Waals surface area contributed by atoms with Gasteiger partial charge in [-0.15, -0.1) is 0 Å². The average molecular weight is 559 g/mol. The van der Waals surface area contributed by atoms with E-state index in [4.69, 9.17) is 40.9 Å². The van der Waals surface area contributed by atoms with Gasteiger partial charge in [-0.3, -0.25) is 4.90 Å². The zero-order valence-corrected chi connectivity index (χ0v) is 21.9. The molecular formula is C24H31ClN2O9S. The van der Waals surface area contributed by atoms with Crippen molar-refractivity contribution in [3.8, 4) is 5.75 Å². The van der Waals surface area contributed by atoms with E-state index in [-0.39, 0.29) is 6.61 Å². The Kier molecular flexibility index (Phi) is 12.2. The number of hydrogen-bond acceptors (Lipinski definition) is 8. The predicted octanol–water partition coefficient (Wildman–Crippen LogP) is 1.57. The van der Waals surface area contributed by atoms with Crippen molar-refractivity contribution in [3.05, 3.63) is 59.1 Å². The van der Waals surface area contributed by atoms with E-state index >= 15 is 0 Å². The lowest BCUT2D eigenvalue weighted by atomic mass is 10.2. The Labute approximate surface area is 220 Å². The molecule has 0 spiro atoms. The minimum Gasteiger partial charge on any atom is -0.491 e. The summed E-state index contributed by atoms with van der Waals surface area (Å²) in [7, 11) is -3.48. The summed E-state index contributed by atoms with van der Waals surface area (Å²) in [5, 5.41) is 25.7. The van der Waals surface area contributed by atoms with Gasteiger partial charge in [-0.1, -0.05) is 29.3 Å². The van der Waals surface area contributed by atoms with Crippen molar-refractivity contribution < 1.29 is 42.8 Å². The zero-order chi connectivity index (χ0) is 27.4. The van der Waals surface area contributed by atoms with Crippen molar-refractivity contribution in [2.45, 2.75) is 17.9 Å². The van der Waals surface area contributed by atoms with E-state index < -0.39 is 28.1 Å². The first-order valence-electron chi connectivity index (χ1n) is 11.4. The number of sulfonamides is 1. The first kappa shape index (κ1) is 30.5. The lowest BCUT2D eigenvalue weighted by Gasteiger charge is -2.34. The predicted molar refractivity (Wildman–Crippen MR) is 135 cm³/mol. The van der Waals surface area contributed by atoms with Gasteiger partial charge in [0.25, 0.3) is 0 Å². The summed E-state index contributed by atoms with van der Waals surface area (Å²) in [6.45, 7) is 5.26. The number of aliphatic hydroxyl groups excluding tert-OH is 1. The average Bonchev–Trinajstić information content (AvgIpc) is 2.86. The zero-order valence-electron chi connectivity index (χ0n) is 20.3. The van der Waals surface area contributed by atoms with Crippen LogP contribution in [0.1, 0.15) is 5.56 Å². The molecule has 1 saturated heterocycles. The van der Waals surface area contributed by atoms with E-state index in [1.165, 1.54) is 4.31 Å². The molecule has 37 heavy (non-hydrogen) atoms. The highest BCUT2D eigenvalue weighted by Gasteiger charge is 2.29. The Hall–Kier alpha value is -2.74. The number of β-amino-alcohol motifs (C(OH)–C–C–N with tert-alkyl or cyclic N) is 1. The normalized spacial score (nSPS) is 15.3. The number of nitrogens with zero attached hydrogens (tertiary/aromatic N) is 2. The molecule has 1 heterocycles. The van der Waals surface area contributed by atoms with Crippen LogP contribution in [0.5, 0.6) is 5.75 Å². The molecule has 1 aliphatic rings. The lowest BCUT2D eigenvalue weighted by Crippen LogP contribution is -2.50. The molecule has 11 nitrogen and oxygen atoms in total. The Balaban J connectivity index is 0.000000717. The molecule has 0 aromatic heterocycles. The van der Waals surface area contributed by atoms with Crippen molar-refractivity contribution >= 4 is 33.6 Å². The van der Waals surface area contributed by atoms with Crippen molar-refractivity contribution in [1.82, 2.24) is 9.21 Å². The standard InChI is InChI=1S/C22H29ClN2O5S.C2H2O4/c1-18-2-8-22(9-3-18)31(27,28)25-12-10-24(11-13-25)16-20(26)17-29-14-15-30-21-6-4-19(23)5-7-21;3-1(4)2(5)6/h2-9,20,26H,10-17H2,1H3;(H,3,4)(H,5,6). The number of aryl methyl sites for hydroxylation is 1. The molecular weight excluding hydrogens is 528 g/mol. The molecule has 0 bridgehead atoms. The van der Waals surface area contributed by atoms with E-state index in [0.29, 0.717) is 61.6 Å². The second-order valence-electron chi connectivity index (χ2n) is 8.16. The van der Waals surface area contributed by atoms with Gasteiger partial charge >= 0.3 is 11.9 Å². The maximum Gasteiger partial charge on any atom is 0.414 e. The summed E-state index contributed by atoms with van der Waals surface area (Å²) in [4.78, 5) is 20.6. The largest absolute Gasteiger partial charge is 0.491 e. The number of hydrogen-bond donors (Lipinski definition) is 3. The Morgan fingerprint density at radius 2 is 1.51 bits per heavy atom. The van der Waals surface area contributed by atoms with Crippen molar-refractivity contribution in [2.75, 3.05) is 52.5 Å². The molecule has 13 heteroatoms. The molecule has 204 valence electrons. The SMILES string of the molecule is Cc1ccc(S(=O)(=O)N2CCN(CC(O)COCCOc3ccc(Cl)cc3)CC2)cc1.O=C(O)C(=O)O. The van der Waals surface area contributed by atoms with Gasteiger partial charge < -0.3 is 24.8 Å². The van der Waals surface area contributed by atoms with E-state index in [1.807, 2.05) is 6.92 Å². The summed E-state index contributed by atoms with van der Waals surface area (Å²) in [6.07, 6.45) is -0.643. The van der Waals surface area contributed by atoms with Crippen molar-refractivity contribution in [1.29, 1.82) is 0 Å². The van der Waals surface area contributed by atoms with Crippen LogP contribution in [0.2, 0.25) is 5.02 Å². The van der Waals surface area contributed by atoms with Crippen LogP contribution in [0.15, 0.2) is 53.4 Å². The van der Waals surface area contributed by atoms with Gasteiger partial charge in [0.05, 0.1) is 24.2 Å².